The van der Waals surface area contributed by atoms with Gasteiger partial charge in [-0.05, 0) is 18.9 Å². The zero-order valence-corrected chi connectivity index (χ0v) is 14.6. The lowest BCUT2D eigenvalue weighted by Crippen LogP contribution is -2.24. The minimum absolute atomic E-state index is 0.0394. The Morgan fingerprint density at radius 1 is 1.16 bits per heavy atom. The van der Waals surface area contributed by atoms with Crippen molar-refractivity contribution >= 4 is 22.9 Å². The monoisotopic (exact) mass is 340 g/mol. The van der Waals surface area contributed by atoms with Gasteiger partial charge in [-0.3, -0.25) is 0 Å². The molecule has 2 aromatic heterocycles. The average molecular weight is 340 g/mol. The number of hydrogen-bond acceptors (Lipinski definition) is 6. The van der Waals surface area contributed by atoms with Gasteiger partial charge in [-0.2, -0.15) is 9.97 Å². The van der Waals surface area contributed by atoms with Crippen molar-refractivity contribution in [3.8, 4) is 0 Å². The predicted molar refractivity (Wildman–Crippen MR) is 99.6 cm³/mol. The molecule has 25 heavy (non-hydrogen) atoms. The number of aliphatic hydroxyl groups is 1. The molecule has 0 aliphatic rings. The van der Waals surface area contributed by atoms with Crippen molar-refractivity contribution in [3.05, 3.63) is 42.2 Å². The molecule has 2 heterocycles. The second-order valence-electron chi connectivity index (χ2n) is 5.87. The van der Waals surface area contributed by atoms with Crippen molar-refractivity contribution in [1.82, 2.24) is 19.5 Å². The predicted octanol–water partition coefficient (Wildman–Crippen LogP) is 2.64. The lowest BCUT2D eigenvalue weighted by Gasteiger charge is -2.15. The van der Waals surface area contributed by atoms with Gasteiger partial charge in [0.1, 0.15) is 0 Å². The van der Waals surface area contributed by atoms with Crippen LogP contribution in [0.5, 0.6) is 0 Å². The number of aliphatic hydroxyl groups excluding tert-OH is 1. The molecule has 0 saturated carbocycles. The van der Waals surface area contributed by atoms with E-state index in [1.807, 2.05) is 29.7 Å². The molecular weight excluding hydrogens is 316 g/mol. The highest BCUT2D eigenvalue weighted by Gasteiger charge is 2.14. The van der Waals surface area contributed by atoms with Crippen molar-refractivity contribution in [2.24, 2.45) is 0 Å². The Hall–Kier alpha value is -2.67. The first-order valence-electron chi connectivity index (χ1n) is 8.63. The Morgan fingerprint density at radius 2 is 1.96 bits per heavy atom. The van der Waals surface area contributed by atoms with Crippen LogP contribution in [0.3, 0.4) is 0 Å². The maximum Gasteiger partial charge on any atom is 0.227 e. The highest BCUT2D eigenvalue weighted by molar-refractivity contribution is 5.84. The molecule has 0 bridgehead atoms. The Morgan fingerprint density at radius 3 is 2.64 bits per heavy atom. The highest BCUT2D eigenvalue weighted by atomic mass is 16.3. The maximum atomic E-state index is 9.43. The quantitative estimate of drug-likeness (QED) is 0.584. The van der Waals surface area contributed by atoms with Gasteiger partial charge in [-0.15, -0.1) is 0 Å². The largest absolute Gasteiger partial charge is 0.394 e. The number of imidazole rings is 1. The molecule has 3 rings (SSSR count). The molecule has 0 radical (unpaired) electrons. The molecule has 3 N–H and O–H groups in total. The first-order valence-corrected chi connectivity index (χ1v) is 8.63. The second kappa shape index (κ2) is 7.94. The van der Waals surface area contributed by atoms with Crippen molar-refractivity contribution in [2.75, 3.05) is 17.2 Å². The van der Waals surface area contributed by atoms with E-state index in [4.69, 9.17) is 0 Å². The fourth-order valence-corrected chi connectivity index (χ4v) is 2.60. The molecule has 0 aliphatic carbocycles. The summed E-state index contributed by atoms with van der Waals surface area (Å²) in [5, 5.41) is 16.0. The minimum atomic E-state index is -0.0718. The van der Waals surface area contributed by atoms with Crippen LogP contribution in [0, 0.1) is 0 Å². The first kappa shape index (κ1) is 17.2. The lowest BCUT2D eigenvalue weighted by atomic mass is 10.2. The number of nitrogens with one attached hydrogen (secondary N) is 2. The third-order valence-electron chi connectivity index (χ3n) is 4.15. The Kier molecular flexibility index (Phi) is 5.45. The fraction of sp³-hybridized carbons (Fsp3) is 0.389. The van der Waals surface area contributed by atoms with Crippen LogP contribution in [-0.2, 0) is 13.1 Å². The molecule has 132 valence electrons. The van der Waals surface area contributed by atoms with Crippen LogP contribution in [0.4, 0.5) is 11.8 Å². The minimum Gasteiger partial charge on any atom is -0.394 e. The van der Waals surface area contributed by atoms with Crippen LogP contribution in [0.1, 0.15) is 25.8 Å². The summed E-state index contributed by atoms with van der Waals surface area (Å²) in [5.41, 5.74) is 2.70. The zero-order chi connectivity index (χ0) is 17.6. The number of rotatable bonds is 8. The molecule has 0 amide bonds. The summed E-state index contributed by atoms with van der Waals surface area (Å²) >= 11 is 0. The Bertz CT molecular complexity index is 813. The molecule has 0 unspecified atom stereocenters. The van der Waals surface area contributed by atoms with E-state index in [2.05, 4.69) is 44.6 Å². The number of benzene rings is 1. The van der Waals surface area contributed by atoms with Crippen molar-refractivity contribution in [2.45, 2.75) is 39.4 Å². The topological polar surface area (TPSA) is 87.9 Å². The number of fused-ring (bicyclic) bond motifs is 1. The summed E-state index contributed by atoms with van der Waals surface area (Å²) in [6.07, 6.45) is 2.57. The van der Waals surface area contributed by atoms with Gasteiger partial charge in [0.25, 0.3) is 0 Å². The summed E-state index contributed by atoms with van der Waals surface area (Å²) in [7, 11) is 0. The molecule has 1 atom stereocenters. The van der Waals surface area contributed by atoms with E-state index in [0.717, 1.165) is 24.1 Å². The summed E-state index contributed by atoms with van der Waals surface area (Å²) in [6, 6.07) is 10.1. The lowest BCUT2D eigenvalue weighted by molar-refractivity contribution is 0.271. The molecule has 1 aromatic carbocycles. The number of aromatic nitrogens is 4. The third kappa shape index (κ3) is 3.88. The summed E-state index contributed by atoms with van der Waals surface area (Å²) in [5.74, 6) is 1.19. The van der Waals surface area contributed by atoms with Crippen molar-refractivity contribution in [1.29, 1.82) is 0 Å². The normalized spacial score (nSPS) is 12.3. The molecule has 3 aromatic rings. The van der Waals surface area contributed by atoms with E-state index in [-0.39, 0.29) is 12.6 Å². The van der Waals surface area contributed by atoms with Crippen LogP contribution in [-0.4, -0.2) is 37.3 Å². The van der Waals surface area contributed by atoms with E-state index in [0.29, 0.717) is 18.3 Å². The summed E-state index contributed by atoms with van der Waals surface area (Å²) < 4.78 is 1.98. The average Bonchev–Trinajstić information content (AvgIpc) is 3.08. The van der Waals surface area contributed by atoms with Gasteiger partial charge in [0, 0.05) is 13.1 Å². The van der Waals surface area contributed by atoms with Crippen molar-refractivity contribution < 1.29 is 5.11 Å². The SMILES string of the molecule is CC[C@H](CO)Nc1nc(NCc2ccccc2)c2ncn(CC)c2n1. The smallest absolute Gasteiger partial charge is 0.227 e. The van der Waals surface area contributed by atoms with Gasteiger partial charge in [-0.1, -0.05) is 37.3 Å². The van der Waals surface area contributed by atoms with Gasteiger partial charge in [0.2, 0.25) is 5.95 Å². The highest BCUT2D eigenvalue weighted by Crippen LogP contribution is 2.22. The summed E-state index contributed by atoms with van der Waals surface area (Å²) in [4.78, 5) is 13.6. The fourth-order valence-electron chi connectivity index (χ4n) is 2.60. The van der Waals surface area contributed by atoms with Crippen LogP contribution in [0.2, 0.25) is 0 Å². The Labute approximate surface area is 147 Å². The van der Waals surface area contributed by atoms with Crippen LogP contribution in [0.25, 0.3) is 11.2 Å². The van der Waals surface area contributed by atoms with E-state index in [1.54, 1.807) is 6.33 Å². The molecule has 7 heteroatoms. The third-order valence-corrected chi connectivity index (χ3v) is 4.15. The number of anilines is 2. The van der Waals surface area contributed by atoms with Crippen LogP contribution < -0.4 is 10.6 Å². The molecule has 0 fully saturated rings. The Balaban J connectivity index is 1.92. The standard InChI is InChI=1S/C18H24N6O/c1-3-14(11-25)21-18-22-16(19-10-13-8-6-5-7-9-13)15-17(23-18)24(4-2)12-20-15/h5-9,12,14,25H,3-4,10-11H2,1-2H3,(H2,19,21,22,23)/t14-/m1/s1. The van der Waals surface area contributed by atoms with E-state index < -0.39 is 0 Å². The van der Waals surface area contributed by atoms with Gasteiger partial charge >= 0.3 is 0 Å². The first-order chi connectivity index (χ1) is 12.2. The van der Waals surface area contributed by atoms with Gasteiger partial charge in [-0.25, -0.2) is 4.98 Å². The van der Waals surface area contributed by atoms with E-state index >= 15 is 0 Å². The zero-order valence-electron chi connectivity index (χ0n) is 14.6. The molecule has 0 saturated heterocycles. The number of hydrogen-bond donors (Lipinski definition) is 3. The van der Waals surface area contributed by atoms with Gasteiger partial charge in [0.15, 0.2) is 17.0 Å². The summed E-state index contributed by atoms with van der Waals surface area (Å²) in [6.45, 7) is 5.54. The van der Waals surface area contributed by atoms with Crippen LogP contribution >= 0.6 is 0 Å². The maximum absolute atomic E-state index is 9.43. The van der Waals surface area contributed by atoms with E-state index in [9.17, 15) is 5.11 Å². The number of aryl methyl sites for hydroxylation is 1. The molecular formula is C18H24N6O. The number of nitrogens with zero attached hydrogens (tertiary/aromatic N) is 4. The van der Waals surface area contributed by atoms with Gasteiger partial charge < -0.3 is 20.3 Å². The van der Waals surface area contributed by atoms with Gasteiger partial charge in [0.05, 0.1) is 19.0 Å². The van der Waals surface area contributed by atoms with E-state index in [1.165, 1.54) is 5.56 Å². The van der Waals surface area contributed by atoms with Crippen LogP contribution in [0.15, 0.2) is 36.7 Å². The molecule has 7 nitrogen and oxygen atoms in total. The molecule has 0 aliphatic heterocycles. The second-order valence-corrected chi connectivity index (χ2v) is 5.87. The van der Waals surface area contributed by atoms with Crippen molar-refractivity contribution in [3.63, 3.8) is 0 Å². The molecule has 0 spiro atoms.